The number of nitrogens with one attached hydrogen (secondary N) is 1. The van der Waals surface area contributed by atoms with Gasteiger partial charge in [-0.1, -0.05) is 41.9 Å². The first-order valence-electron chi connectivity index (χ1n) is 6.80. The van der Waals surface area contributed by atoms with Crippen molar-refractivity contribution in [2.75, 3.05) is 12.4 Å². The average Bonchev–Trinajstić information content (AvgIpc) is 2.52. The van der Waals surface area contributed by atoms with Gasteiger partial charge in [0.05, 0.1) is 17.7 Å². The van der Waals surface area contributed by atoms with E-state index in [9.17, 15) is 18.0 Å². The minimum atomic E-state index is -4.66. The van der Waals surface area contributed by atoms with Crippen molar-refractivity contribution in [1.29, 1.82) is 0 Å². The van der Waals surface area contributed by atoms with Crippen LogP contribution in [-0.4, -0.2) is 19.2 Å². The molecule has 0 saturated carbocycles. The number of methoxy groups -OCH3 is 1. The average molecular weight is 356 g/mol. The predicted molar refractivity (Wildman–Crippen MR) is 87.1 cm³/mol. The van der Waals surface area contributed by atoms with Crippen LogP contribution in [0.5, 0.6) is 5.75 Å². The molecular weight excluding hydrogens is 343 g/mol. The summed E-state index contributed by atoms with van der Waals surface area (Å²) in [4.78, 5) is 11.9. The molecule has 1 amide bonds. The van der Waals surface area contributed by atoms with Gasteiger partial charge in [-0.2, -0.15) is 13.2 Å². The lowest BCUT2D eigenvalue weighted by molar-refractivity contribution is -0.112. The Morgan fingerprint density at radius 2 is 1.83 bits per heavy atom. The lowest BCUT2D eigenvalue weighted by atomic mass is 10.1. The number of ether oxygens (including phenoxy) is 1. The second kappa shape index (κ2) is 7.40. The summed E-state index contributed by atoms with van der Waals surface area (Å²) in [6, 6.07) is 11.5. The van der Waals surface area contributed by atoms with Gasteiger partial charge >= 0.3 is 6.18 Å². The van der Waals surface area contributed by atoms with Gasteiger partial charge in [-0.15, -0.1) is 0 Å². The molecule has 126 valence electrons. The monoisotopic (exact) mass is 355 g/mol. The highest BCUT2D eigenvalue weighted by Crippen LogP contribution is 2.34. The van der Waals surface area contributed by atoms with Crippen LogP contribution < -0.4 is 10.1 Å². The maximum absolute atomic E-state index is 13.2. The predicted octanol–water partition coefficient (Wildman–Crippen LogP) is 4.93. The van der Waals surface area contributed by atoms with Gasteiger partial charge in [0.15, 0.2) is 0 Å². The second-order valence-electron chi connectivity index (χ2n) is 4.76. The Kier molecular flexibility index (Phi) is 5.51. The van der Waals surface area contributed by atoms with Crippen molar-refractivity contribution in [3.63, 3.8) is 0 Å². The highest BCUT2D eigenvalue weighted by Gasteiger charge is 2.35. The number of hydrogen-bond donors (Lipinski definition) is 1. The first kappa shape index (κ1) is 17.9. The van der Waals surface area contributed by atoms with Crippen molar-refractivity contribution in [2.45, 2.75) is 6.18 Å². The molecule has 0 unspecified atom stereocenters. The van der Waals surface area contributed by atoms with Crippen LogP contribution >= 0.6 is 11.6 Å². The number of allylic oxidation sites excluding steroid dienone is 1. The van der Waals surface area contributed by atoms with Crippen LogP contribution in [0.1, 0.15) is 5.56 Å². The fourth-order valence-corrected chi connectivity index (χ4v) is 2.26. The number of carbonyl (C=O) groups is 1. The standard InChI is InChI=1S/C17H13ClF3NO2/c1-24-15-8-7-12(9-14(15)18)22-16(23)10-13(17(19,20)21)11-5-3-2-4-6-11/h2-10H,1H3,(H,22,23)/b13-10-. The molecule has 0 bridgehead atoms. The van der Waals surface area contributed by atoms with E-state index in [1.165, 1.54) is 49.6 Å². The van der Waals surface area contributed by atoms with E-state index >= 15 is 0 Å². The van der Waals surface area contributed by atoms with Crippen LogP contribution in [-0.2, 0) is 4.79 Å². The van der Waals surface area contributed by atoms with E-state index in [0.29, 0.717) is 11.8 Å². The van der Waals surface area contributed by atoms with E-state index in [0.717, 1.165) is 0 Å². The molecule has 0 radical (unpaired) electrons. The van der Waals surface area contributed by atoms with Crippen LogP contribution in [0, 0.1) is 0 Å². The fourth-order valence-electron chi connectivity index (χ4n) is 2.00. The molecule has 0 heterocycles. The lowest BCUT2D eigenvalue weighted by Gasteiger charge is -2.12. The number of carbonyl (C=O) groups excluding carboxylic acids is 1. The lowest BCUT2D eigenvalue weighted by Crippen LogP contribution is -2.16. The minimum Gasteiger partial charge on any atom is -0.495 e. The number of hydrogen-bond acceptors (Lipinski definition) is 2. The van der Waals surface area contributed by atoms with Crippen molar-refractivity contribution in [3.05, 3.63) is 65.2 Å². The molecule has 3 nitrogen and oxygen atoms in total. The quantitative estimate of drug-likeness (QED) is 0.789. The number of anilines is 1. The summed E-state index contributed by atoms with van der Waals surface area (Å²) in [7, 11) is 1.43. The van der Waals surface area contributed by atoms with Crippen molar-refractivity contribution >= 4 is 28.8 Å². The Bertz CT molecular complexity index is 758. The van der Waals surface area contributed by atoms with Gasteiger partial charge in [-0.05, 0) is 23.8 Å². The molecular formula is C17H13ClF3NO2. The van der Waals surface area contributed by atoms with Crippen LogP contribution in [0.3, 0.4) is 0 Å². The zero-order chi connectivity index (χ0) is 17.7. The Morgan fingerprint density at radius 1 is 1.17 bits per heavy atom. The Morgan fingerprint density at radius 3 is 2.38 bits per heavy atom. The summed E-state index contributed by atoms with van der Waals surface area (Å²) in [6.07, 6.45) is -4.14. The van der Waals surface area contributed by atoms with Gasteiger partial charge in [0, 0.05) is 11.8 Å². The van der Waals surface area contributed by atoms with E-state index in [1.807, 2.05) is 0 Å². The second-order valence-corrected chi connectivity index (χ2v) is 5.17. The smallest absolute Gasteiger partial charge is 0.417 e. The molecule has 2 rings (SSSR count). The third-order valence-electron chi connectivity index (χ3n) is 3.08. The van der Waals surface area contributed by atoms with Crippen molar-refractivity contribution in [3.8, 4) is 5.75 Å². The van der Waals surface area contributed by atoms with E-state index in [2.05, 4.69) is 5.32 Å². The van der Waals surface area contributed by atoms with Crippen LogP contribution in [0.2, 0.25) is 5.02 Å². The first-order valence-corrected chi connectivity index (χ1v) is 7.18. The highest BCUT2D eigenvalue weighted by atomic mass is 35.5. The molecule has 0 fully saturated rings. The summed E-state index contributed by atoms with van der Waals surface area (Å²) in [6.45, 7) is 0. The van der Waals surface area contributed by atoms with Crippen molar-refractivity contribution < 1.29 is 22.7 Å². The van der Waals surface area contributed by atoms with Crippen LogP contribution in [0.15, 0.2) is 54.6 Å². The SMILES string of the molecule is COc1ccc(NC(=O)/C=C(/c2ccccc2)C(F)(F)F)cc1Cl. The topological polar surface area (TPSA) is 38.3 Å². The van der Waals surface area contributed by atoms with Gasteiger partial charge in [-0.25, -0.2) is 0 Å². The maximum atomic E-state index is 13.2. The van der Waals surface area contributed by atoms with E-state index < -0.39 is 17.7 Å². The zero-order valence-electron chi connectivity index (χ0n) is 12.5. The summed E-state index contributed by atoms with van der Waals surface area (Å²) >= 11 is 5.92. The Balaban J connectivity index is 2.26. The van der Waals surface area contributed by atoms with E-state index in [-0.39, 0.29) is 16.3 Å². The van der Waals surface area contributed by atoms with Gasteiger partial charge in [0.25, 0.3) is 0 Å². The molecule has 0 aromatic heterocycles. The molecule has 0 atom stereocenters. The number of benzene rings is 2. The zero-order valence-corrected chi connectivity index (χ0v) is 13.3. The van der Waals surface area contributed by atoms with Crippen LogP contribution in [0.25, 0.3) is 5.57 Å². The summed E-state index contributed by atoms with van der Waals surface area (Å²) in [5.74, 6) is -0.516. The van der Waals surface area contributed by atoms with Gasteiger partial charge in [-0.3, -0.25) is 4.79 Å². The molecule has 1 N–H and O–H groups in total. The van der Waals surface area contributed by atoms with E-state index in [1.54, 1.807) is 6.07 Å². The largest absolute Gasteiger partial charge is 0.495 e. The Labute approximate surface area is 141 Å². The summed E-state index contributed by atoms with van der Waals surface area (Å²) in [5.41, 5.74) is -0.857. The molecule has 0 spiro atoms. The van der Waals surface area contributed by atoms with Crippen LogP contribution in [0.4, 0.5) is 18.9 Å². The summed E-state index contributed by atoms with van der Waals surface area (Å²) in [5, 5.41) is 2.59. The molecule has 0 aliphatic rings. The molecule has 0 saturated heterocycles. The maximum Gasteiger partial charge on any atom is 0.417 e. The molecule has 2 aromatic rings. The Hall–Kier alpha value is -2.47. The molecule has 2 aromatic carbocycles. The third-order valence-corrected chi connectivity index (χ3v) is 3.38. The van der Waals surface area contributed by atoms with E-state index in [4.69, 9.17) is 16.3 Å². The van der Waals surface area contributed by atoms with Gasteiger partial charge < -0.3 is 10.1 Å². The van der Waals surface area contributed by atoms with Gasteiger partial charge in [0.1, 0.15) is 5.75 Å². The third kappa shape index (κ3) is 4.52. The first-order chi connectivity index (χ1) is 11.3. The number of halogens is 4. The number of alkyl halides is 3. The molecule has 0 aliphatic heterocycles. The molecule has 24 heavy (non-hydrogen) atoms. The normalized spacial score (nSPS) is 12.0. The molecule has 0 aliphatic carbocycles. The van der Waals surface area contributed by atoms with Crippen molar-refractivity contribution in [1.82, 2.24) is 0 Å². The molecule has 7 heteroatoms. The number of rotatable bonds is 4. The minimum absolute atomic E-state index is 0.0899. The highest BCUT2D eigenvalue weighted by molar-refractivity contribution is 6.32. The summed E-state index contributed by atoms with van der Waals surface area (Å²) < 4.78 is 44.5. The van der Waals surface area contributed by atoms with Gasteiger partial charge in [0.2, 0.25) is 5.91 Å². The van der Waals surface area contributed by atoms with Crippen molar-refractivity contribution in [2.24, 2.45) is 0 Å². The fraction of sp³-hybridized carbons (Fsp3) is 0.118. The number of amides is 1.